The van der Waals surface area contributed by atoms with Gasteiger partial charge in [0.1, 0.15) is 6.04 Å². The highest BCUT2D eigenvalue weighted by atomic mass is 16.2. The van der Waals surface area contributed by atoms with Crippen molar-refractivity contribution in [1.82, 2.24) is 15.1 Å². The fraction of sp³-hybridized carbons (Fsp3) is 0.600. The van der Waals surface area contributed by atoms with Gasteiger partial charge < -0.3 is 20.9 Å². The minimum atomic E-state index is -0.430. The van der Waals surface area contributed by atoms with E-state index in [1.54, 1.807) is 4.90 Å². The Morgan fingerprint density at radius 1 is 1.22 bits per heavy atom. The second kappa shape index (κ2) is 8.71. The molecule has 2 amide bonds. The molecule has 148 valence electrons. The molecule has 0 aliphatic carbocycles. The van der Waals surface area contributed by atoms with Crippen molar-refractivity contribution in [3.05, 3.63) is 29.8 Å². The van der Waals surface area contributed by atoms with Crippen molar-refractivity contribution in [2.75, 3.05) is 50.7 Å². The zero-order chi connectivity index (χ0) is 19.4. The number of rotatable bonds is 5. The molecule has 2 fully saturated rings. The zero-order valence-corrected chi connectivity index (χ0v) is 16.4. The third-order valence-corrected chi connectivity index (χ3v) is 5.41. The fourth-order valence-corrected chi connectivity index (χ4v) is 3.96. The number of carbonyl (C=O) groups is 2. The van der Waals surface area contributed by atoms with Crippen LogP contribution in [0.15, 0.2) is 24.3 Å². The van der Waals surface area contributed by atoms with Crippen molar-refractivity contribution in [2.45, 2.75) is 32.4 Å². The van der Waals surface area contributed by atoms with Crippen molar-refractivity contribution in [1.29, 1.82) is 0 Å². The number of nitrogens with two attached hydrogens (primary N) is 1. The normalized spacial score (nSPS) is 23.5. The van der Waals surface area contributed by atoms with Crippen LogP contribution in [0.1, 0.15) is 18.9 Å². The Balaban J connectivity index is 1.53. The van der Waals surface area contributed by atoms with Crippen molar-refractivity contribution in [2.24, 2.45) is 5.73 Å². The van der Waals surface area contributed by atoms with Crippen LogP contribution in [0.3, 0.4) is 0 Å². The topological polar surface area (TPSA) is 81.9 Å². The van der Waals surface area contributed by atoms with Gasteiger partial charge in [0.05, 0.1) is 6.54 Å². The Bertz CT molecular complexity index is 672. The molecular formula is C20H31N5O2. The summed E-state index contributed by atoms with van der Waals surface area (Å²) < 4.78 is 0. The standard InChI is InChI=1S/C20H31N5O2/c1-3-22-20(27)18-12-16(21)13-25(18)19(26)14-23-7-9-24(10-8-23)17-6-4-5-15(2)11-17/h4-6,11,16,18H,3,7-10,12-14,21H2,1-2H3,(H,22,27)/t16-,18+/m1/s1. The number of nitrogens with zero attached hydrogens (tertiary/aromatic N) is 3. The Labute approximate surface area is 161 Å². The molecule has 3 N–H and O–H groups in total. The van der Waals surface area contributed by atoms with Gasteiger partial charge in [-0.25, -0.2) is 0 Å². The summed E-state index contributed by atoms with van der Waals surface area (Å²) in [6.45, 7) is 8.83. The first-order chi connectivity index (χ1) is 13.0. The minimum absolute atomic E-state index is 0.00297. The zero-order valence-electron chi connectivity index (χ0n) is 16.4. The molecule has 7 heteroatoms. The quantitative estimate of drug-likeness (QED) is 0.770. The summed E-state index contributed by atoms with van der Waals surface area (Å²) in [7, 11) is 0. The monoisotopic (exact) mass is 373 g/mol. The van der Waals surface area contributed by atoms with E-state index in [9.17, 15) is 9.59 Å². The third kappa shape index (κ3) is 4.78. The highest BCUT2D eigenvalue weighted by Crippen LogP contribution is 2.20. The van der Waals surface area contributed by atoms with E-state index >= 15 is 0 Å². The number of piperazine rings is 1. The van der Waals surface area contributed by atoms with Crippen molar-refractivity contribution in [3.8, 4) is 0 Å². The summed E-state index contributed by atoms with van der Waals surface area (Å²) in [5, 5.41) is 2.82. The molecule has 2 saturated heterocycles. The number of nitrogens with one attached hydrogen (secondary N) is 1. The predicted molar refractivity (Wildman–Crippen MR) is 107 cm³/mol. The van der Waals surface area contributed by atoms with E-state index < -0.39 is 6.04 Å². The molecule has 2 heterocycles. The maximum atomic E-state index is 12.8. The molecule has 1 aromatic carbocycles. The molecule has 0 unspecified atom stereocenters. The number of amides is 2. The molecule has 0 saturated carbocycles. The lowest BCUT2D eigenvalue weighted by Gasteiger charge is -2.36. The number of likely N-dealkylation sites (tertiary alicyclic amines) is 1. The average molecular weight is 374 g/mol. The van der Waals surface area contributed by atoms with Gasteiger partial charge in [-0.15, -0.1) is 0 Å². The van der Waals surface area contributed by atoms with Gasteiger partial charge >= 0.3 is 0 Å². The fourth-order valence-electron chi connectivity index (χ4n) is 3.96. The average Bonchev–Trinajstić information content (AvgIpc) is 3.05. The Morgan fingerprint density at radius 2 is 1.96 bits per heavy atom. The van der Waals surface area contributed by atoms with Crippen LogP contribution in [-0.2, 0) is 9.59 Å². The highest BCUT2D eigenvalue weighted by Gasteiger charge is 2.38. The van der Waals surface area contributed by atoms with E-state index in [1.807, 2.05) is 6.92 Å². The van der Waals surface area contributed by atoms with Crippen LogP contribution >= 0.6 is 0 Å². The van der Waals surface area contributed by atoms with Crippen LogP contribution in [0.2, 0.25) is 0 Å². The SMILES string of the molecule is CCNC(=O)[C@@H]1C[C@@H](N)CN1C(=O)CN1CCN(c2cccc(C)c2)CC1. The molecule has 0 bridgehead atoms. The Hall–Kier alpha value is -2.12. The largest absolute Gasteiger partial charge is 0.369 e. The Morgan fingerprint density at radius 3 is 2.63 bits per heavy atom. The van der Waals surface area contributed by atoms with E-state index in [-0.39, 0.29) is 17.9 Å². The number of hydrogen-bond acceptors (Lipinski definition) is 5. The van der Waals surface area contributed by atoms with Gasteiger partial charge in [-0.1, -0.05) is 12.1 Å². The lowest BCUT2D eigenvalue weighted by atomic mass is 10.1. The summed E-state index contributed by atoms with van der Waals surface area (Å²) in [4.78, 5) is 31.3. The van der Waals surface area contributed by atoms with Crippen LogP contribution in [0.4, 0.5) is 5.69 Å². The lowest BCUT2D eigenvalue weighted by molar-refractivity contribution is -0.139. The van der Waals surface area contributed by atoms with Crippen LogP contribution < -0.4 is 16.0 Å². The van der Waals surface area contributed by atoms with Gasteiger partial charge in [-0.05, 0) is 38.0 Å². The number of likely N-dealkylation sites (N-methyl/N-ethyl adjacent to an activating group) is 1. The smallest absolute Gasteiger partial charge is 0.242 e. The molecule has 3 rings (SSSR count). The highest BCUT2D eigenvalue weighted by molar-refractivity contribution is 5.89. The van der Waals surface area contributed by atoms with Crippen molar-refractivity contribution in [3.63, 3.8) is 0 Å². The van der Waals surface area contributed by atoms with Crippen LogP contribution in [-0.4, -0.2) is 79.5 Å². The number of carbonyl (C=O) groups excluding carboxylic acids is 2. The summed E-state index contributed by atoms with van der Waals surface area (Å²) >= 11 is 0. The molecule has 0 radical (unpaired) electrons. The molecule has 2 aliphatic heterocycles. The number of hydrogen-bond donors (Lipinski definition) is 2. The maximum Gasteiger partial charge on any atom is 0.242 e. The van der Waals surface area contributed by atoms with E-state index in [2.05, 4.69) is 46.3 Å². The van der Waals surface area contributed by atoms with Crippen molar-refractivity contribution < 1.29 is 9.59 Å². The molecule has 1 aromatic rings. The predicted octanol–water partition coefficient (Wildman–Crippen LogP) is 0.181. The van der Waals surface area contributed by atoms with Gasteiger partial charge in [0.15, 0.2) is 0 Å². The van der Waals surface area contributed by atoms with Gasteiger partial charge in [-0.3, -0.25) is 14.5 Å². The van der Waals surface area contributed by atoms with E-state index in [4.69, 9.17) is 5.73 Å². The number of aryl methyl sites for hydroxylation is 1. The van der Waals surface area contributed by atoms with Crippen LogP contribution in [0.5, 0.6) is 0 Å². The molecule has 0 spiro atoms. The van der Waals surface area contributed by atoms with Crippen molar-refractivity contribution >= 4 is 17.5 Å². The first-order valence-electron chi connectivity index (χ1n) is 9.84. The molecule has 0 aromatic heterocycles. The summed E-state index contributed by atoms with van der Waals surface area (Å²) in [5.74, 6) is -0.0914. The van der Waals surface area contributed by atoms with Gasteiger partial charge in [-0.2, -0.15) is 0 Å². The molecule has 2 aliphatic rings. The summed E-state index contributed by atoms with van der Waals surface area (Å²) in [6.07, 6.45) is 0.540. The van der Waals surface area contributed by atoms with Gasteiger partial charge in [0.2, 0.25) is 11.8 Å². The van der Waals surface area contributed by atoms with Crippen LogP contribution in [0, 0.1) is 6.92 Å². The van der Waals surface area contributed by atoms with E-state index in [1.165, 1.54) is 11.3 Å². The van der Waals surface area contributed by atoms with Gasteiger partial charge in [0, 0.05) is 51.0 Å². The van der Waals surface area contributed by atoms with E-state index in [0.717, 1.165) is 26.2 Å². The van der Waals surface area contributed by atoms with Gasteiger partial charge in [0.25, 0.3) is 0 Å². The molecule has 7 nitrogen and oxygen atoms in total. The van der Waals surface area contributed by atoms with E-state index in [0.29, 0.717) is 26.1 Å². The molecule has 27 heavy (non-hydrogen) atoms. The lowest BCUT2D eigenvalue weighted by Crippen LogP contribution is -2.52. The number of anilines is 1. The summed E-state index contributed by atoms with van der Waals surface area (Å²) in [6, 6.07) is 7.96. The first-order valence-corrected chi connectivity index (χ1v) is 9.84. The summed E-state index contributed by atoms with van der Waals surface area (Å²) in [5.41, 5.74) is 8.52. The molecular weight excluding hydrogens is 342 g/mol. The minimum Gasteiger partial charge on any atom is -0.369 e. The second-order valence-corrected chi connectivity index (χ2v) is 7.55. The maximum absolute atomic E-state index is 12.8. The Kier molecular flexibility index (Phi) is 6.34. The third-order valence-electron chi connectivity index (χ3n) is 5.41. The number of benzene rings is 1. The second-order valence-electron chi connectivity index (χ2n) is 7.55. The molecule has 2 atom stereocenters. The van der Waals surface area contributed by atoms with Crippen LogP contribution in [0.25, 0.3) is 0 Å². The first kappa shape index (κ1) is 19.6.